The van der Waals surface area contributed by atoms with Crippen molar-refractivity contribution in [2.75, 3.05) is 19.0 Å². The second-order valence-corrected chi connectivity index (χ2v) is 6.20. The van der Waals surface area contributed by atoms with Crippen molar-refractivity contribution in [1.82, 2.24) is 9.97 Å². The lowest BCUT2D eigenvalue weighted by Crippen LogP contribution is -2.10. The first-order chi connectivity index (χ1) is 10.3. The minimum atomic E-state index is 0.491. The fourth-order valence-corrected chi connectivity index (χ4v) is 3.15. The second kappa shape index (κ2) is 8.29. The predicted octanol–water partition coefficient (Wildman–Crippen LogP) is 4.47. The third-order valence-corrected chi connectivity index (χ3v) is 4.54. The Hall–Kier alpha value is -1.20. The van der Waals surface area contributed by atoms with Crippen molar-refractivity contribution in [3.05, 3.63) is 17.3 Å². The van der Waals surface area contributed by atoms with Gasteiger partial charge in [-0.15, -0.1) is 11.3 Å². The summed E-state index contributed by atoms with van der Waals surface area (Å²) in [6.07, 6.45) is 4.95. The SMILES string of the molecule is CCCCC(CC)COCc1nc(NC)c2ccsc2n1. The van der Waals surface area contributed by atoms with Crippen LogP contribution < -0.4 is 5.32 Å². The van der Waals surface area contributed by atoms with E-state index in [9.17, 15) is 0 Å². The number of thiophene rings is 1. The van der Waals surface area contributed by atoms with Crippen molar-refractivity contribution in [3.63, 3.8) is 0 Å². The molecule has 0 spiro atoms. The Balaban J connectivity index is 1.93. The zero-order chi connectivity index (χ0) is 15.1. The average molecular weight is 307 g/mol. The Morgan fingerprint density at radius 1 is 1.33 bits per heavy atom. The van der Waals surface area contributed by atoms with Crippen LogP contribution in [0, 0.1) is 5.92 Å². The van der Waals surface area contributed by atoms with Crippen LogP contribution in [0.4, 0.5) is 5.82 Å². The van der Waals surface area contributed by atoms with E-state index in [0.717, 1.165) is 28.5 Å². The molecule has 2 heterocycles. The summed E-state index contributed by atoms with van der Waals surface area (Å²) in [5.74, 6) is 2.30. The molecule has 0 radical (unpaired) electrons. The van der Waals surface area contributed by atoms with Gasteiger partial charge >= 0.3 is 0 Å². The fraction of sp³-hybridized carbons (Fsp3) is 0.625. The van der Waals surface area contributed by atoms with Crippen LogP contribution in [0.2, 0.25) is 0 Å². The number of hydrogen-bond acceptors (Lipinski definition) is 5. The van der Waals surface area contributed by atoms with E-state index in [1.165, 1.54) is 25.7 Å². The average Bonchev–Trinajstić information content (AvgIpc) is 2.98. The van der Waals surface area contributed by atoms with Gasteiger partial charge in [-0.1, -0.05) is 33.1 Å². The van der Waals surface area contributed by atoms with Gasteiger partial charge in [0.1, 0.15) is 17.3 Å². The molecule has 1 atom stereocenters. The minimum absolute atomic E-state index is 0.491. The van der Waals surface area contributed by atoms with Gasteiger partial charge in [0, 0.05) is 13.7 Å². The summed E-state index contributed by atoms with van der Waals surface area (Å²) in [7, 11) is 1.89. The van der Waals surface area contributed by atoms with Crippen molar-refractivity contribution < 1.29 is 4.74 Å². The van der Waals surface area contributed by atoms with E-state index < -0.39 is 0 Å². The molecule has 2 aromatic heterocycles. The van der Waals surface area contributed by atoms with E-state index in [-0.39, 0.29) is 0 Å². The number of nitrogens with one attached hydrogen (secondary N) is 1. The van der Waals surface area contributed by atoms with E-state index in [1.54, 1.807) is 11.3 Å². The van der Waals surface area contributed by atoms with E-state index in [4.69, 9.17) is 4.74 Å². The van der Waals surface area contributed by atoms with Crippen LogP contribution in [0.1, 0.15) is 45.4 Å². The summed E-state index contributed by atoms with van der Waals surface area (Å²) in [6, 6.07) is 2.05. The normalized spacial score (nSPS) is 12.7. The van der Waals surface area contributed by atoms with Gasteiger partial charge in [-0.3, -0.25) is 0 Å². The van der Waals surface area contributed by atoms with Crippen LogP contribution in [0.15, 0.2) is 11.4 Å². The molecule has 0 saturated heterocycles. The zero-order valence-electron chi connectivity index (χ0n) is 13.2. The largest absolute Gasteiger partial charge is 0.373 e. The molecule has 1 N–H and O–H groups in total. The Bertz CT molecular complexity index is 555. The van der Waals surface area contributed by atoms with Crippen molar-refractivity contribution in [1.29, 1.82) is 0 Å². The Labute approximate surface area is 131 Å². The van der Waals surface area contributed by atoms with Gasteiger partial charge in [0.05, 0.1) is 5.39 Å². The van der Waals surface area contributed by atoms with Gasteiger partial charge in [-0.2, -0.15) is 0 Å². The second-order valence-electron chi connectivity index (χ2n) is 5.31. The maximum atomic E-state index is 5.85. The van der Waals surface area contributed by atoms with Crippen LogP contribution in [-0.4, -0.2) is 23.6 Å². The smallest absolute Gasteiger partial charge is 0.158 e. The number of unbranched alkanes of at least 4 members (excludes halogenated alkanes) is 1. The van der Waals surface area contributed by atoms with Crippen molar-refractivity contribution in [3.8, 4) is 0 Å². The highest BCUT2D eigenvalue weighted by molar-refractivity contribution is 7.16. The molecule has 0 amide bonds. The number of anilines is 1. The topological polar surface area (TPSA) is 47.0 Å². The van der Waals surface area contributed by atoms with Crippen LogP contribution in [0.25, 0.3) is 10.2 Å². The minimum Gasteiger partial charge on any atom is -0.373 e. The number of rotatable bonds is 9. The van der Waals surface area contributed by atoms with E-state index in [0.29, 0.717) is 12.5 Å². The van der Waals surface area contributed by atoms with Crippen molar-refractivity contribution in [2.45, 2.75) is 46.1 Å². The monoisotopic (exact) mass is 307 g/mol. The van der Waals surface area contributed by atoms with Gasteiger partial charge in [0.25, 0.3) is 0 Å². The number of fused-ring (bicyclic) bond motifs is 1. The summed E-state index contributed by atoms with van der Waals surface area (Å²) in [5, 5.41) is 6.26. The van der Waals surface area contributed by atoms with Crippen molar-refractivity contribution in [2.24, 2.45) is 5.92 Å². The standard InChI is InChI=1S/C16H25N3OS/c1-4-6-7-12(5-2)10-20-11-14-18-15(17-3)13-8-9-21-16(13)19-14/h8-9,12H,4-7,10-11H2,1-3H3,(H,17,18,19). The first kappa shape index (κ1) is 16.2. The molecule has 0 saturated carbocycles. The molecule has 0 bridgehead atoms. The molecule has 0 aromatic carbocycles. The Morgan fingerprint density at radius 3 is 2.90 bits per heavy atom. The molecule has 21 heavy (non-hydrogen) atoms. The lowest BCUT2D eigenvalue weighted by molar-refractivity contribution is 0.0780. The molecular formula is C16H25N3OS. The lowest BCUT2D eigenvalue weighted by atomic mass is 10.0. The molecular weight excluding hydrogens is 282 g/mol. The van der Waals surface area contributed by atoms with E-state index >= 15 is 0 Å². The molecule has 1 unspecified atom stereocenters. The van der Waals surface area contributed by atoms with Gasteiger partial charge in [-0.05, 0) is 23.8 Å². The molecule has 2 aromatic rings. The third kappa shape index (κ3) is 4.38. The molecule has 4 nitrogen and oxygen atoms in total. The highest BCUT2D eigenvalue weighted by Gasteiger charge is 2.10. The number of ether oxygens (including phenoxy) is 1. The maximum absolute atomic E-state index is 5.85. The van der Waals surface area contributed by atoms with Gasteiger partial charge in [0.15, 0.2) is 5.82 Å². The fourth-order valence-electron chi connectivity index (χ4n) is 2.37. The lowest BCUT2D eigenvalue weighted by Gasteiger charge is -2.14. The number of hydrogen-bond donors (Lipinski definition) is 1. The number of aromatic nitrogens is 2. The van der Waals surface area contributed by atoms with Gasteiger partial charge in [-0.25, -0.2) is 9.97 Å². The molecule has 0 aliphatic heterocycles. The number of nitrogens with zero attached hydrogens (tertiary/aromatic N) is 2. The summed E-state index contributed by atoms with van der Waals surface area (Å²) in [6.45, 7) is 5.76. The van der Waals surface area contributed by atoms with E-state index in [2.05, 4.69) is 29.1 Å². The summed E-state index contributed by atoms with van der Waals surface area (Å²) in [5.41, 5.74) is 0. The maximum Gasteiger partial charge on any atom is 0.158 e. The first-order valence-electron chi connectivity index (χ1n) is 7.78. The van der Waals surface area contributed by atoms with Crippen LogP contribution in [-0.2, 0) is 11.3 Å². The summed E-state index contributed by atoms with van der Waals surface area (Å²) in [4.78, 5) is 10.1. The van der Waals surface area contributed by atoms with Gasteiger partial charge in [0.2, 0.25) is 0 Å². The molecule has 116 valence electrons. The first-order valence-corrected chi connectivity index (χ1v) is 8.66. The highest BCUT2D eigenvalue weighted by atomic mass is 32.1. The summed E-state index contributed by atoms with van der Waals surface area (Å²) >= 11 is 1.64. The zero-order valence-corrected chi connectivity index (χ0v) is 14.0. The predicted molar refractivity (Wildman–Crippen MR) is 89.9 cm³/mol. The Kier molecular flexibility index (Phi) is 6.39. The highest BCUT2D eigenvalue weighted by Crippen LogP contribution is 2.25. The summed E-state index contributed by atoms with van der Waals surface area (Å²) < 4.78 is 5.85. The molecule has 5 heteroatoms. The van der Waals surface area contributed by atoms with Crippen molar-refractivity contribution >= 4 is 27.4 Å². The molecule has 0 aliphatic carbocycles. The van der Waals surface area contributed by atoms with Crippen LogP contribution in [0.5, 0.6) is 0 Å². The van der Waals surface area contributed by atoms with Crippen LogP contribution in [0.3, 0.4) is 0 Å². The Morgan fingerprint density at radius 2 is 2.19 bits per heavy atom. The van der Waals surface area contributed by atoms with Gasteiger partial charge < -0.3 is 10.1 Å². The quantitative estimate of drug-likeness (QED) is 0.742. The molecule has 0 fully saturated rings. The third-order valence-electron chi connectivity index (χ3n) is 3.74. The molecule has 2 rings (SSSR count). The van der Waals surface area contributed by atoms with E-state index in [1.807, 2.05) is 18.5 Å². The van der Waals surface area contributed by atoms with Crippen LogP contribution >= 0.6 is 11.3 Å². The molecule has 0 aliphatic rings.